The van der Waals surface area contributed by atoms with Crippen LogP contribution in [-0.2, 0) is 9.59 Å². The first-order chi connectivity index (χ1) is 17.9. The van der Waals surface area contributed by atoms with E-state index in [2.05, 4.69) is 53.0 Å². The topological polar surface area (TPSA) is 84.7 Å². The molecule has 0 aliphatic carbocycles. The van der Waals surface area contributed by atoms with Crippen LogP contribution in [0.25, 0.3) is 5.57 Å². The second kappa shape index (κ2) is 13.1. The highest BCUT2D eigenvalue weighted by molar-refractivity contribution is 7.14. The van der Waals surface area contributed by atoms with Gasteiger partial charge in [0.25, 0.3) is 0 Å². The Morgan fingerprint density at radius 3 is 2.35 bits per heavy atom. The van der Waals surface area contributed by atoms with Crippen molar-refractivity contribution in [3.8, 4) is 5.75 Å². The molecule has 1 atom stereocenters. The summed E-state index contributed by atoms with van der Waals surface area (Å²) in [4.78, 5) is 29.6. The van der Waals surface area contributed by atoms with Crippen molar-refractivity contribution in [1.82, 2.24) is 4.90 Å². The smallest absolute Gasteiger partial charge is 0.315 e. The summed E-state index contributed by atoms with van der Waals surface area (Å²) in [5.41, 5.74) is 10.0. The SMILES string of the molecule is Cc1ccsc1C(=CCCN1CCCC(C(=O)Oc2ccc(NC(=O)CCN)cc2)C1)c1sccc1C. The molecule has 6 nitrogen and oxygen atoms in total. The third-order valence-electron chi connectivity index (χ3n) is 6.57. The van der Waals surface area contributed by atoms with E-state index in [9.17, 15) is 9.59 Å². The van der Waals surface area contributed by atoms with E-state index >= 15 is 0 Å². The minimum atomic E-state index is -0.190. The molecular formula is C29H35N3O3S2. The lowest BCUT2D eigenvalue weighted by molar-refractivity contribution is -0.140. The maximum Gasteiger partial charge on any atom is 0.315 e. The van der Waals surface area contributed by atoms with Crippen LogP contribution in [-0.4, -0.2) is 43.0 Å². The number of anilines is 1. The Hall–Kier alpha value is -2.78. The molecule has 3 heterocycles. The summed E-state index contributed by atoms with van der Waals surface area (Å²) in [6.45, 7) is 7.29. The molecule has 1 aliphatic rings. The highest BCUT2D eigenvalue weighted by Gasteiger charge is 2.27. The number of aryl methyl sites for hydroxylation is 2. The number of piperidine rings is 1. The first-order valence-electron chi connectivity index (χ1n) is 12.8. The fourth-order valence-electron chi connectivity index (χ4n) is 4.59. The molecule has 196 valence electrons. The Morgan fingerprint density at radius 2 is 1.76 bits per heavy atom. The van der Waals surface area contributed by atoms with Crippen LogP contribution in [0.3, 0.4) is 0 Å². The van der Waals surface area contributed by atoms with Crippen molar-refractivity contribution in [2.24, 2.45) is 11.7 Å². The van der Waals surface area contributed by atoms with Gasteiger partial charge in [0, 0.05) is 47.1 Å². The molecule has 1 fully saturated rings. The first-order valence-corrected chi connectivity index (χ1v) is 14.5. The molecule has 1 aliphatic heterocycles. The molecule has 1 saturated heterocycles. The number of hydrogen-bond acceptors (Lipinski definition) is 7. The average molecular weight is 538 g/mol. The van der Waals surface area contributed by atoms with Crippen LogP contribution in [0.1, 0.15) is 46.6 Å². The molecule has 0 bridgehead atoms. The maximum atomic E-state index is 12.9. The van der Waals surface area contributed by atoms with Crippen molar-refractivity contribution in [2.45, 2.75) is 39.5 Å². The van der Waals surface area contributed by atoms with Gasteiger partial charge in [0.05, 0.1) is 5.92 Å². The Balaban J connectivity index is 1.32. The van der Waals surface area contributed by atoms with Gasteiger partial charge in [-0.2, -0.15) is 0 Å². The Kier molecular flexibility index (Phi) is 9.68. The van der Waals surface area contributed by atoms with Gasteiger partial charge in [-0.3, -0.25) is 9.59 Å². The quantitative estimate of drug-likeness (QED) is 0.250. The molecule has 0 spiro atoms. The highest BCUT2D eigenvalue weighted by Crippen LogP contribution is 2.35. The van der Waals surface area contributed by atoms with Crippen LogP contribution in [0.2, 0.25) is 0 Å². The number of rotatable bonds is 10. The van der Waals surface area contributed by atoms with Gasteiger partial charge in [-0.25, -0.2) is 0 Å². The van der Waals surface area contributed by atoms with Crippen LogP contribution in [0.5, 0.6) is 5.75 Å². The van der Waals surface area contributed by atoms with Gasteiger partial charge in [0.15, 0.2) is 0 Å². The predicted molar refractivity (Wildman–Crippen MR) is 153 cm³/mol. The number of carbonyl (C=O) groups is 2. The zero-order chi connectivity index (χ0) is 26.2. The van der Waals surface area contributed by atoms with Gasteiger partial charge in [0.1, 0.15) is 5.75 Å². The monoisotopic (exact) mass is 537 g/mol. The average Bonchev–Trinajstić information content (AvgIpc) is 3.51. The fourth-order valence-corrected chi connectivity index (χ4v) is 6.60. The van der Waals surface area contributed by atoms with Crippen molar-refractivity contribution in [1.29, 1.82) is 0 Å². The van der Waals surface area contributed by atoms with Gasteiger partial charge in [-0.1, -0.05) is 6.08 Å². The van der Waals surface area contributed by atoms with E-state index in [1.54, 1.807) is 46.9 Å². The van der Waals surface area contributed by atoms with Gasteiger partial charge in [-0.15, -0.1) is 22.7 Å². The standard InChI is InChI=1S/C29H35N3O3S2/c1-20-12-17-36-27(20)25(28-21(2)13-18-37-28)6-4-16-32-15-3-5-22(19-32)29(34)35-24-9-7-23(8-10-24)31-26(33)11-14-30/h6-10,12-13,17-18,22H,3-5,11,14-16,19,30H2,1-2H3,(H,31,33). The molecule has 1 amide bonds. The summed E-state index contributed by atoms with van der Waals surface area (Å²) < 4.78 is 5.67. The summed E-state index contributed by atoms with van der Waals surface area (Å²) in [6, 6.07) is 11.3. The summed E-state index contributed by atoms with van der Waals surface area (Å²) in [7, 11) is 0. The third-order valence-corrected chi connectivity index (χ3v) is 8.67. The lowest BCUT2D eigenvalue weighted by Gasteiger charge is -2.31. The fraction of sp³-hybridized carbons (Fsp3) is 0.379. The molecular weight excluding hydrogens is 502 g/mol. The first kappa shape index (κ1) is 27.3. The number of nitrogens with two attached hydrogens (primary N) is 1. The normalized spacial score (nSPS) is 15.8. The number of nitrogens with zero attached hydrogens (tertiary/aromatic N) is 1. The van der Waals surface area contributed by atoms with E-state index < -0.39 is 0 Å². The summed E-state index contributed by atoms with van der Waals surface area (Å²) in [6.07, 6.45) is 5.40. The number of esters is 1. The molecule has 3 N–H and O–H groups in total. The van der Waals surface area contributed by atoms with Gasteiger partial charge < -0.3 is 20.7 Å². The van der Waals surface area contributed by atoms with Gasteiger partial charge >= 0.3 is 5.97 Å². The number of thiophene rings is 2. The van der Waals surface area contributed by atoms with E-state index in [-0.39, 0.29) is 24.2 Å². The Labute approximate surface area is 227 Å². The summed E-state index contributed by atoms with van der Waals surface area (Å²) in [5, 5.41) is 7.10. The lowest BCUT2D eigenvalue weighted by atomic mass is 9.98. The number of nitrogens with one attached hydrogen (secondary N) is 1. The molecule has 1 unspecified atom stereocenters. The van der Waals surface area contributed by atoms with E-state index in [0.717, 1.165) is 32.4 Å². The van der Waals surface area contributed by atoms with E-state index in [1.807, 2.05) is 0 Å². The maximum absolute atomic E-state index is 12.9. The predicted octanol–water partition coefficient (Wildman–Crippen LogP) is 5.85. The minimum absolute atomic E-state index is 0.132. The largest absolute Gasteiger partial charge is 0.426 e. The van der Waals surface area contributed by atoms with Crippen molar-refractivity contribution < 1.29 is 14.3 Å². The van der Waals surface area contributed by atoms with Crippen LogP contribution in [0.15, 0.2) is 53.2 Å². The van der Waals surface area contributed by atoms with E-state index in [1.165, 1.54) is 26.5 Å². The molecule has 4 rings (SSSR count). The molecule has 37 heavy (non-hydrogen) atoms. The van der Waals surface area contributed by atoms with E-state index in [4.69, 9.17) is 10.5 Å². The molecule has 3 aromatic rings. The second-order valence-electron chi connectivity index (χ2n) is 9.44. The molecule has 0 radical (unpaired) electrons. The highest BCUT2D eigenvalue weighted by atomic mass is 32.1. The van der Waals surface area contributed by atoms with Crippen molar-refractivity contribution in [3.63, 3.8) is 0 Å². The van der Waals surface area contributed by atoms with Crippen LogP contribution in [0, 0.1) is 19.8 Å². The Bertz CT molecular complexity index is 1190. The summed E-state index contributed by atoms with van der Waals surface area (Å²) in [5.74, 6) is 0.0289. The van der Waals surface area contributed by atoms with Crippen LogP contribution >= 0.6 is 22.7 Å². The van der Waals surface area contributed by atoms with E-state index in [0.29, 0.717) is 24.5 Å². The molecule has 1 aromatic carbocycles. The van der Waals surface area contributed by atoms with Crippen LogP contribution < -0.4 is 15.8 Å². The molecule has 0 saturated carbocycles. The van der Waals surface area contributed by atoms with Crippen LogP contribution in [0.4, 0.5) is 5.69 Å². The zero-order valence-electron chi connectivity index (χ0n) is 21.5. The van der Waals surface area contributed by atoms with Gasteiger partial charge in [0.2, 0.25) is 5.91 Å². The number of carbonyl (C=O) groups excluding carboxylic acids is 2. The second-order valence-corrected chi connectivity index (χ2v) is 11.3. The van der Waals surface area contributed by atoms with Crippen molar-refractivity contribution >= 4 is 45.8 Å². The van der Waals surface area contributed by atoms with Crippen molar-refractivity contribution in [2.75, 3.05) is 31.5 Å². The minimum Gasteiger partial charge on any atom is -0.426 e. The molecule has 2 aromatic heterocycles. The lowest BCUT2D eigenvalue weighted by Crippen LogP contribution is -2.40. The van der Waals surface area contributed by atoms with Gasteiger partial charge in [-0.05, 0) is 97.9 Å². The summed E-state index contributed by atoms with van der Waals surface area (Å²) >= 11 is 3.60. The third kappa shape index (κ3) is 7.38. The number of ether oxygens (including phenoxy) is 1. The Morgan fingerprint density at radius 1 is 1.08 bits per heavy atom. The molecule has 8 heteroatoms. The number of amides is 1. The number of benzene rings is 1. The zero-order valence-corrected chi connectivity index (χ0v) is 23.1. The number of hydrogen-bond donors (Lipinski definition) is 2. The van der Waals surface area contributed by atoms with Crippen molar-refractivity contribution in [3.05, 3.63) is 74.1 Å². The number of likely N-dealkylation sites (tertiary alicyclic amines) is 1.